The molecule has 0 bridgehead atoms. The van der Waals surface area contributed by atoms with Gasteiger partial charge in [-0.25, -0.2) is 4.98 Å². The van der Waals surface area contributed by atoms with Gasteiger partial charge in [0.1, 0.15) is 6.07 Å². The van der Waals surface area contributed by atoms with Crippen molar-refractivity contribution in [1.29, 1.82) is 5.26 Å². The van der Waals surface area contributed by atoms with Crippen LogP contribution in [0.2, 0.25) is 0 Å². The third-order valence-electron chi connectivity index (χ3n) is 4.81. The number of hydrogen-bond acceptors (Lipinski definition) is 3. The highest BCUT2D eigenvalue weighted by Gasteiger charge is 2.32. The third kappa shape index (κ3) is 3.45. The fraction of sp³-hybridized carbons (Fsp3) is 0.182. The van der Waals surface area contributed by atoms with E-state index in [9.17, 15) is 18.4 Å². The zero-order valence-corrected chi connectivity index (χ0v) is 16.3. The molecule has 0 saturated heterocycles. The van der Waals surface area contributed by atoms with E-state index >= 15 is 0 Å². The Hall–Kier alpha value is -2.98. The van der Waals surface area contributed by atoms with E-state index in [1.807, 2.05) is 41.7 Å². The molecule has 2 aromatic heterocycles. The molecule has 0 spiro atoms. The van der Waals surface area contributed by atoms with E-state index in [0.29, 0.717) is 17.6 Å². The van der Waals surface area contributed by atoms with Crippen LogP contribution in [0.1, 0.15) is 29.2 Å². The molecule has 0 N–H and O–H groups in total. The molecule has 3 nitrogen and oxygen atoms in total. The second-order valence-corrected chi connectivity index (χ2v) is 7.55. The predicted octanol–water partition coefficient (Wildman–Crippen LogP) is 6.23. The number of halogens is 3. The standard InChI is InChI=1S/C22H16F3N3S/c1-2-14-11-20(29-13-15-7-3-4-8-17(15)22(23,24)25)28-19-10-6-5-9-18(19)27-21(28)16(14)12-26/h3-11H,2,13H2,1H3. The molecular formula is C22H16F3N3S. The molecule has 0 radical (unpaired) electrons. The number of aryl methyl sites for hydroxylation is 1. The van der Waals surface area contributed by atoms with Crippen LogP contribution in [0.25, 0.3) is 16.7 Å². The minimum absolute atomic E-state index is 0.159. The molecule has 2 aromatic carbocycles. The van der Waals surface area contributed by atoms with Crippen molar-refractivity contribution in [3.05, 3.63) is 76.9 Å². The zero-order chi connectivity index (χ0) is 20.6. The van der Waals surface area contributed by atoms with Crippen molar-refractivity contribution in [3.63, 3.8) is 0 Å². The molecular weight excluding hydrogens is 395 g/mol. The summed E-state index contributed by atoms with van der Waals surface area (Å²) in [5, 5.41) is 10.4. The van der Waals surface area contributed by atoms with Gasteiger partial charge < -0.3 is 0 Å². The lowest BCUT2D eigenvalue weighted by atomic mass is 10.1. The molecule has 0 aliphatic carbocycles. The van der Waals surface area contributed by atoms with Gasteiger partial charge in [0, 0.05) is 5.75 Å². The number of pyridine rings is 1. The fourth-order valence-corrected chi connectivity index (χ4v) is 4.52. The number of nitriles is 1. The van der Waals surface area contributed by atoms with E-state index in [0.717, 1.165) is 27.7 Å². The lowest BCUT2D eigenvalue weighted by Gasteiger charge is -2.14. The summed E-state index contributed by atoms with van der Waals surface area (Å²) in [7, 11) is 0. The molecule has 0 aliphatic heterocycles. The number of fused-ring (bicyclic) bond motifs is 3. The Balaban J connectivity index is 1.86. The SMILES string of the molecule is CCc1cc(SCc2ccccc2C(F)(F)F)n2c(nc3ccccc32)c1C#N. The lowest BCUT2D eigenvalue weighted by molar-refractivity contribution is -0.138. The number of nitrogens with zero attached hydrogens (tertiary/aromatic N) is 3. The summed E-state index contributed by atoms with van der Waals surface area (Å²) in [6.45, 7) is 1.95. The molecule has 4 rings (SSSR count). The average Bonchev–Trinajstić information content (AvgIpc) is 3.10. The maximum absolute atomic E-state index is 13.3. The molecule has 146 valence electrons. The molecule has 0 fully saturated rings. The average molecular weight is 411 g/mol. The summed E-state index contributed by atoms with van der Waals surface area (Å²) in [6, 6.07) is 17.3. The Morgan fingerprint density at radius 1 is 1.07 bits per heavy atom. The second kappa shape index (κ2) is 7.45. The van der Waals surface area contributed by atoms with E-state index < -0.39 is 11.7 Å². The Morgan fingerprint density at radius 2 is 1.79 bits per heavy atom. The van der Waals surface area contributed by atoms with Gasteiger partial charge in [-0.1, -0.05) is 37.3 Å². The van der Waals surface area contributed by atoms with Crippen LogP contribution in [-0.2, 0) is 18.3 Å². The first kappa shape index (κ1) is 19.3. The molecule has 29 heavy (non-hydrogen) atoms. The molecule has 4 aromatic rings. The monoisotopic (exact) mass is 411 g/mol. The van der Waals surface area contributed by atoms with Crippen molar-refractivity contribution in [2.45, 2.75) is 30.3 Å². The normalized spacial score (nSPS) is 11.8. The maximum Gasteiger partial charge on any atom is 0.416 e. The highest BCUT2D eigenvalue weighted by Crippen LogP contribution is 2.36. The van der Waals surface area contributed by atoms with E-state index in [1.54, 1.807) is 6.07 Å². The Kier molecular flexibility index (Phi) is 4.97. The van der Waals surface area contributed by atoms with Gasteiger partial charge in [-0.3, -0.25) is 4.40 Å². The van der Waals surface area contributed by atoms with Gasteiger partial charge in [-0.05, 0) is 41.8 Å². The summed E-state index contributed by atoms with van der Waals surface area (Å²) in [5.41, 5.74) is 3.06. The van der Waals surface area contributed by atoms with Crippen molar-refractivity contribution in [2.24, 2.45) is 0 Å². The maximum atomic E-state index is 13.3. The van der Waals surface area contributed by atoms with Gasteiger partial charge in [0.05, 0.1) is 27.2 Å². The van der Waals surface area contributed by atoms with E-state index in [1.165, 1.54) is 23.9 Å². The van der Waals surface area contributed by atoms with Gasteiger partial charge >= 0.3 is 6.18 Å². The van der Waals surface area contributed by atoms with E-state index in [4.69, 9.17) is 0 Å². The van der Waals surface area contributed by atoms with Crippen LogP contribution in [-0.4, -0.2) is 9.38 Å². The highest BCUT2D eigenvalue weighted by atomic mass is 32.2. The summed E-state index contributed by atoms with van der Waals surface area (Å²) < 4.78 is 41.9. The molecule has 0 aliphatic rings. The smallest absolute Gasteiger partial charge is 0.286 e. The van der Waals surface area contributed by atoms with Gasteiger partial charge in [-0.2, -0.15) is 18.4 Å². The Labute approximate surface area is 169 Å². The van der Waals surface area contributed by atoms with Gasteiger partial charge in [0.15, 0.2) is 5.65 Å². The molecule has 7 heteroatoms. The number of thioether (sulfide) groups is 1. The first-order valence-electron chi connectivity index (χ1n) is 9.05. The summed E-state index contributed by atoms with van der Waals surface area (Å²) in [6.07, 6.45) is -3.76. The van der Waals surface area contributed by atoms with Crippen LogP contribution in [0.5, 0.6) is 0 Å². The number of hydrogen-bond donors (Lipinski definition) is 0. The van der Waals surface area contributed by atoms with Crippen molar-refractivity contribution < 1.29 is 13.2 Å². The molecule has 0 amide bonds. The number of para-hydroxylation sites is 2. The van der Waals surface area contributed by atoms with Crippen molar-refractivity contribution in [3.8, 4) is 6.07 Å². The van der Waals surface area contributed by atoms with Crippen LogP contribution in [0.4, 0.5) is 13.2 Å². The largest absolute Gasteiger partial charge is 0.416 e. The first-order chi connectivity index (χ1) is 13.9. The van der Waals surface area contributed by atoms with Gasteiger partial charge in [0.25, 0.3) is 0 Å². The van der Waals surface area contributed by atoms with E-state index in [-0.39, 0.29) is 11.3 Å². The fourth-order valence-electron chi connectivity index (χ4n) is 3.43. The number of imidazole rings is 1. The Bertz CT molecular complexity index is 1250. The number of aromatic nitrogens is 2. The van der Waals surface area contributed by atoms with Gasteiger partial charge in [0.2, 0.25) is 0 Å². The summed E-state index contributed by atoms with van der Waals surface area (Å²) >= 11 is 1.32. The predicted molar refractivity (Wildman–Crippen MR) is 108 cm³/mol. The van der Waals surface area contributed by atoms with Crippen LogP contribution in [0.3, 0.4) is 0 Å². The van der Waals surface area contributed by atoms with Crippen molar-refractivity contribution in [1.82, 2.24) is 9.38 Å². The lowest BCUT2D eigenvalue weighted by Crippen LogP contribution is -2.08. The van der Waals surface area contributed by atoms with Crippen molar-refractivity contribution in [2.75, 3.05) is 0 Å². The van der Waals surface area contributed by atoms with Crippen LogP contribution >= 0.6 is 11.8 Å². The minimum Gasteiger partial charge on any atom is -0.286 e. The first-order valence-corrected chi connectivity index (χ1v) is 10.0. The van der Waals surface area contributed by atoms with Gasteiger partial charge in [-0.15, -0.1) is 11.8 Å². The molecule has 0 saturated carbocycles. The quantitative estimate of drug-likeness (QED) is 0.374. The van der Waals surface area contributed by atoms with Crippen molar-refractivity contribution >= 4 is 28.4 Å². The highest BCUT2D eigenvalue weighted by molar-refractivity contribution is 7.98. The summed E-state index contributed by atoms with van der Waals surface area (Å²) in [5.74, 6) is 0.159. The molecule has 0 atom stereocenters. The summed E-state index contributed by atoms with van der Waals surface area (Å²) in [4.78, 5) is 4.61. The van der Waals surface area contributed by atoms with Crippen LogP contribution in [0, 0.1) is 11.3 Å². The molecule has 0 unspecified atom stereocenters. The molecule has 2 heterocycles. The topological polar surface area (TPSA) is 41.1 Å². The minimum atomic E-state index is -4.40. The van der Waals surface area contributed by atoms with E-state index in [2.05, 4.69) is 11.1 Å². The Morgan fingerprint density at radius 3 is 2.52 bits per heavy atom. The van der Waals surface area contributed by atoms with Crippen LogP contribution in [0.15, 0.2) is 59.6 Å². The second-order valence-electron chi connectivity index (χ2n) is 6.55. The zero-order valence-electron chi connectivity index (χ0n) is 15.5. The number of alkyl halides is 3. The number of benzene rings is 2. The van der Waals surface area contributed by atoms with Crippen LogP contribution < -0.4 is 0 Å². The third-order valence-corrected chi connectivity index (χ3v) is 5.87. The number of rotatable bonds is 4.